The number of carbonyl (C=O) groups is 2. The summed E-state index contributed by atoms with van der Waals surface area (Å²) < 4.78 is 2.00. The van der Waals surface area contributed by atoms with Crippen molar-refractivity contribution in [1.29, 1.82) is 0 Å². The molecule has 0 aliphatic rings. The number of anilines is 1. The van der Waals surface area contributed by atoms with E-state index in [1.54, 1.807) is 30.0 Å². The third kappa shape index (κ3) is 4.87. The quantitative estimate of drug-likeness (QED) is 0.236. The molecule has 1 heterocycles. The highest BCUT2D eigenvalue weighted by molar-refractivity contribution is 8.00. The van der Waals surface area contributed by atoms with Crippen molar-refractivity contribution in [2.75, 3.05) is 5.32 Å². The van der Waals surface area contributed by atoms with E-state index >= 15 is 0 Å². The van der Waals surface area contributed by atoms with Gasteiger partial charge in [-0.2, -0.15) is 0 Å². The second-order valence-electron chi connectivity index (χ2n) is 8.27. The van der Waals surface area contributed by atoms with Crippen molar-refractivity contribution >= 4 is 50.7 Å². The summed E-state index contributed by atoms with van der Waals surface area (Å²) in [6, 6.07) is 15.5. The second kappa shape index (κ2) is 9.49. The van der Waals surface area contributed by atoms with Crippen molar-refractivity contribution in [2.24, 2.45) is 0 Å². The highest BCUT2D eigenvalue weighted by atomic mass is 32.2. The molecule has 1 N–H and O–H groups in total. The molecule has 0 radical (unpaired) electrons. The molecule has 0 aliphatic heterocycles. The highest BCUT2D eigenvalue weighted by Gasteiger charge is 2.16. The van der Waals surface area contributed by atoms with Crippen LogP contribution >= 0.6 is 23.1 Å². The van der Waals surface area contributed by atoms with Gasteiger partial charge in [0.15, 0.2) is 10.1 Å². The summed E-state index contributed by atoms with van der Waals surface area (Å²) in [6.07, 6.45) is 0. The fraction of sp³-hybridized carbons (Fsp3) is 0.222. The molecule has 4 rings (SSSR count). The maximum Gasteiger partial charge on any atom is 0.255 e. The third-order valence-corrected chi connectivity index (χ3v) is 8.03. The molecule has 0 atom stereocenters. The van der Waals surface area contributed by atoms with Crippen molar-refractivity contribution in [3.05, 3.63) is 87.5 Å². The van der Waals surface area contributed by atoms with Crippen LogP contribution in [0.2, 0.25) is 0 Å². The summed E-state index contributed by atoms with van der Waals surface area (Å²) in [5.41, 5.74) is 8.61. The van der Waals surface area contributed by atoms with Crippen molar-refractivity contribution in [3.63, 3.8) is 0 Å². The van der Waals surface area contributed by atoms with Crippen LogP contribution in [0.3, 0.4) is 0 Å². The number of nitrogens with zero attached hydrogens (tertiary/aromatic N) is 1. The molecule has 0 unspecified atom stereocenters. The van der Waals surface area contributed by atoms with E-state index in [0.29, 0.717) is 5.56 Å². The molecule has 0 saturated heterocycles. The normalized spacial score (nSPS) is 11.1. The van der Waals surface area contributed by atoms with Crippen LogP contribution in [-0.2, 0) is 5.75 Å². The minimum absolute atomic E-state index is 0.108. The Balaban J connectivity index is 1.53. The Morgan fingerprint density at radius 1 is 0.970 bits per heavy atom. The molecule has 0 bridgehead atoms. The molecular weight excluding hydrogens is 448 g/mol. The van der Waals surface area contributed by atoms with Gasteiger partial charge in [-0.25, -0.2) is 4.98 Å². The third-order valence-electron chi connectivity index (χ3n) is 5.84. The molecule has 3 aromatic carbocycles. The average molecular weight is 475 g/mol. The lowest BCUT2D eigenvalue weighted by Gasteiger charge is -2.15. The van der Waals surface area contributed by atoms with Gasteiger partial charge in [-0.15, -0.1) is 11.3 Å². The lowest BCUT2D eigenvalue weighted by atomic mass is 9.92. The number of fused-ring (bicyclic) bond motifs is 1. The number of rotatable bonds is 6. The first kappa shape index (κ1) is 23.2. The molecule has 0 saturated carbocycles. The van der Waals surface area contributed by atoms with Gasteiger partial charge in [0.05, 0.1) is 10.2 Å². The molecule has 0 fully saturated rings. The Bertz CT molecular complexity index is 1390. The standard InChI is InChI=1S/C27H26N2O2S2/c1-15-8-6-7-9-21(15)26(31)28-20-10-11-23-24(13-20)33-27(29-23)32-14-22-16(2)12-17(3)25(18(22)4)19(5)30/h6-13H,14H2,1-5H3,(H,28,31). The average Bonchev–Trinajstić information content (AvgIpc) is 3.15. The number of aryl methyl sites for hydroxylation is 3. The number of Topliss-reactive ketones (excluding diaryl/α,β-unsaturated/α-hetero) is 1. The number of nitrogens with one attached hydrogen (secondary N) is 1. The van der Waals surface area contributed by atoms with Gasteiger partial charge in [-0.1, -0.05) is 36.0 Å². The number of thioether (sulfide) groups is 1. The zero-order valence-electron chi connectivity index (χ0n) is 19.4. The lowest BCUT2D eigenvalue weighted by Crippen LogP contribution is -2.13. The zero-order valence-corrected chi connectivity index (χ0v) is 21.0. The maximum absolute atomic E-state index is 12.6. The van der Waals surface area contributed by atoms with Gasteiger partial charge in [0.25, 0.3) is 5.91 Å². The largest absolute Gasteiger partial charge is 0.322 e. The van der Waals surface area contributed by atoms with Crippen LogP contribution in [0.1, 0.15) is 55.5 Å². The van der Waals surface area contributed by atoms with Crippen molar-refractivity contribution < 1.29 is 9.59 Å². The smallest absolute Gasteiger partial charge is 0.255 e. The van der Waals surface area contributed by atoms with Gasteiger partial charge in [-0.3, -0.25) is 9.59 Å². The monoisotopic (exact) mass is 474 g/mol. The first-order chi connectivity index (χ1) is 15.7. The van der Waals surface area contributed by atoms with Crippen LogP contribution in [0.15, 0.2) is 52.9 Å². The summed E-state index contributed by atoms with van der Waals surface area (Å²) in [5.74, 6) is 0.754. The fourth-order valence-electron chi connectivity index (χ4n) is 4.19. The first-order valence-corrected chi connectivity index (χ1v) is 12.6. The number of hydrogen-bond acceptors (Lipinski definition) is 5. The van der Waals surface area contributed by atoms with Crippen molar-refractivity contribution in [1.82, 2.24) is 4.98 Å². The Hall–Kier alpha value is -2.96. The van der Waals surface area contributed by atoms with E-state index in [1.807, 2.05) is 63.2 Å². The van der Waals surface area contributed by atoms with Gasteiger partial charge in [0, 0.05) is 22.6 Å². The van der Waals surface area contributed by atoms with Crippen LogP contribution in [0, 0.1) is 27.7 Å². The molecule has 1 amide bonds. The second-order valence-corrected chi connectivity index (χ2v) is 10.5. The van der Waals surface area contributed by atoms with E-state index in [1.165, 1.54) is 11.1 Å². The summed E-state index contributed by atoms with van der Waals surface area (Å²) in [6.45, 7) is 9.69. The summed E-state index contributed by atoms with van der Waals surface area (Å²) in [5, 5.41) is 3.00. The molecular formula is C27H26N2O2S2. The Labute approximate surface area is 202 Å². The van der Waals surface area contributed by atoms with E-state index in [4.69, 9.17) is 4.98 Å². The summed E-state index contributed by atoms with van der Waals surface area (Å²) in [7, 11) is 0. The lowest BCUT2D eigenvalue weighted by molar-refractivity contribution is 0.101. The number of thiazole rings is 1. The van der Waals surface area contributed by atoms with E-state index in [-0.39, 0.29) is 11.7 Å². The van der Waals surface area contributed by atoms with Gasteiger partial charge in [0.2, 0.25) is 0 Å². The molecule has 168 valence electrons. The van der Waals surface area contributed by atoms with E-state index in [2.05, 4.69) is 18.3 Å². The minimum Gasteiger partial charge on any atom is -0.322 e. The molecule has 4 nitrogen and oxygen atoms in total. The number of carbonyl (C=O) groups excluding carboxylic acids is 2. The zero-order chi connectivity index (χ0) is 23.7. The predicted molar refractivity (Wildman–Crippen MR) is 139 cm³/mol. The van der Waals surface area contributed by atoms with Crippen LogP contribution < -0.4 is 5.32 Å². The molecule has 33 heavy (non-hydrogen) atoms. The number of ketones is 1. The molecule has 0 spiro atoms. The summed E-state index contributed by atoms with van der Waals surface area (Å²) in [4.78, 5) is 29.5. The fourth-order valence-corrected chi connectivity index (χ4v) is 6.49. The van der Waals surface area contributed by atoms with E-state index in [9.17, 15) is 9.59 Å². The van der Waals surface area contributed by atoms with Crippen LogP contribution in [-0.4, -0.2) is 16.7 Å². The van der Waals surface area contributed by atoms with Crippen molar-refractivity contribution in [3.8, 4) is 0 Å². The number of hydrogen-bond donors (Lipinski definition) is 1. The minimum atomic E-state index is -0.113. The molecule has 0 aliphatic carbocycles. The summed E-state index contributed by atoms with van der Waals surface area (Å²) >= 11 is 3.30. The Morgan fingerprint density at radius 2 is 1.73 bits per heavy atom. The number of amides is 1. The van der Waals surface area contributed by atoms with Gasteiger partial charge in [-0.05, 0) is 86.7 Å². The van der Waals surface area contributed by atoms with Crippen LogP contribution in [0.25, 0.3) is 10.2 Å². The van der Waals surface area contributed by atoms with E-state index < -0.39 is 0 Å². The molecule has 4 aromatic rings. The number of aromatic nitrogens is 1. The SMILES string of the molecule is CC(=O)c1c(C)cc(C)c(CSc2nc3ccc(NC(=O)c4ccccc4C)cc3s2)c1C. The predicted octanol–water partition coefficient (Wildman–Crippen LogP) is 7.28. The number of benzene rings is 3. The van der Waals surface area contributed by atoms with Gasteiger partial charge >= 0.3 is 0 Å². The highest BCUT2D eigenvalue weighted by Crippen LogP contribution is 2.35. The molecule has 1 aromatic heterocycles. The van der Waals surface area contributed by atoms with Gasteiger partial charge < -0.3 is 5.32 Å². The first-order valence-electron chi connectivity index (χ1n) is 10.8. The van der Waals surface area contributed by atoms with Crippen molar-refractivity contribution in [2.45, 2.75) is 44.7 Å². The van der Waals surface area contributed by atoms with Crippen LogP contribution in [0.4, 0.5) is 5.69 Å². The maximum atomic E-state index is 12.6. The Morgan fingerprint density at radius 3 is 2.45 bits per heavy atom. The van der Waals surface area contributed by atoms with E-state index in [0.717, 1.165) is 48.3 Å². The van der Waals surface area contributed by atoms with Gasteiger partial charge in [0.1, 0.15) is 0 Å². The Kier molecular flexibility index (Phi) is 6.68. The molecule has 6 heteroatoms. The van der Waals surface area contributed by atoms with Crippen LogP contribution in [0.5, 0.6) is 0 Å². The topological polar surface area (TPSA) is 59.1 Å².